The van der Waals surface area contributed by atoms with Crippen LogP contribution in [-0.4, -0.2) is 25.3 Å². The molecule has 4 rings (SSSR count). The summed E-state index contributed by atoms with van der Waals surface area (Å²) >= 11 is 6.88. The number of ether oxygens (including phenoxy) is 1. The van der Waals surface area contributed by atoms with Crippen LogP contribution in [0.3, 0.4) is 0 Å². The summed E-state index contributed by atoms with van der Waals surface area (Å²) < 4.78 is 47.8. The predicted molar refractivity (Wildman–Crippen MR) is 120 cm³/mol. The Hall–Kier alpha value is -2.46. The highest BCUT2D eigenvalue weighted by atomic mass is 35.5. The second-order valence-electron chi connectivity index (χ2n) is 6.92. The largest absolute Gasteiger partial charge is 0.493 e. The molecule has 0 radical (unpaired) electrons. The van der Waals surface area contributed by atoms with Gasteiger partial charge in [0.25, 0.3) is 0 Å². The van der Waals surface area contributed by atoms with E-state index in [9.17, 15) is 12.8 Å². The normalized spacial score (nSPS) is 11.9. The van der Waals surface area contributed by atoms with Crippen LogP contribution in [0.5, 0.6) is 5.75 Å². The maximum atomic E-state index is 14.5. The van der Waals surface area contributed by atoms with Gasteiger partial charge in [-0.1, -0.05) is 35.9 Å². The minimum absolute atomic E-state index is 0.0335. The van der Waals surface area contributed by atoms with Crippen LogP contribution in [0, 0.1) is 5.82 Å². The lowest BCUT2D eigenvalue weighted by Gasteiger charge is -2.07. The van der Waals surface area contributed by atoms with E-state index in [0.717, 1.165) is 22.5 Å². The van der Waals surface area contributed by atoms with Crippen molar-refractivity contribution >= 4 is 43.7 Å². The molecule has 162 valence electrons. The first kappa shape index (κ1) is 21.8. The molecule has 0 bridgehead atoms. The van der Waals surface area contributed by atoms with Crippen molar-refractivity contribution in [3.63, 3.8) is 0 Å². The van der Waals surface area contributed by atoms with Gasteiger partial charge in [0.1, 0.15) is 9.96 Å². The third-order valence-electron chi connectivity index (χ3n) is 4.84. The molecule has 0 atom stereocenters. The topological polar surface area (TPSA) is 87.2 Å². The van der Waals surface area contributed by atoms with Crippen LogP contribution in [0.25, 0.3) is 10.9 Å². The molecule has 0 saturated heterocycles. The van der Waals surface area contributed by atoms with E-state index in [0.29, 0.717) is 28.3 Å². The fourth-order valence-corrected chi connectivity index (χ4v) is 6.30. The fraction of sp³-hybridized carbons (Fsp3) is 0.190. The zero-order valence-corrected chi connectivity index (χ0v) is 18.9. The molecule has 2 N–H and O–H groups in total. The van der Waals surface area contributed by atoms with E-state index in [4.69, 9.17) is 22.1 Å². The Morgan fingerprint density at radius 2 is 1.97 bits per heavy atom. The van der Waals surface area contributed by atoms with Crippen molar-refractivity contribution in [2.24, 2.45) is 5.73 Å². The zero-order valence-electron chi connectivity index (χ0n) is 16.5. The van der Waals surface area contributed by atoms with Crippen LogP contribution in [0.4, 0.5) is 4.39 Å². The molecule has 4 aromatic rings. The zero-order chi connectivity index (χ0) is 22.2. The molecule has 0 aliphatic carbocycles. The SMILES string of the molecule is COc1c(F)ccc2c1c(CS(=O)(=O)c1ccc(Cl)s1)nn2Cc1cccc(CN)c1. The molecule has 2 aromatic heterocycles. The van der Waals surface area contributed by atoms with Gasteiger partial charge in [0.15, 0.2) is 21.4 Å². The number of rotatable bonds is 7. The molecular weight excluding hydrogens is 461 g/mol. The summed E-state index contributed by atoms with van der Waals surface area (Å²) in [7, 11) is -2.38. The highest BCUT2D eigenvalue weighted by Gasteiger charge is 2.25. The predicted octanol–water partition coefficient (Wildman–Crippen LogP) is 4.38. The van der Waals surface area contributed by atoms with Gasteiger partial charge in [0.2, 0.25) is 0 Å². The standard InChI is InChI=1S/C21H19ClFN3O3S2/c1-29-21-15(23)5-6-17-20(21)16(12-31(27,28)19-8-7-18(22)30-19)25-26(17)11-14-4-2-3-13(9-14)10-24/h2-9H,10-12,24H2,1H3. The van der Waals surface area contributed by atoms with Gasteiger partial charge >= 0.3 is 0 Å². The molecule has 0 fully saturated rings. The second-order valence-corrected chi connectivity index (χ2v) is 10.9. The first-order valence-corrected chi connectivity index (χ1v) is 12.1. The average Bonchev–Trinajstić information content (AvgIpc) is 3.32. The van der Waals surface area contributed by atoms with Crippen molar-refractivity contribution < 1.29 is 17.5 Å². The second kappa shape index (κ2) is 8.58. The summed E-state index contributed by atoms with van der Waals surface area (Å²) in [4.78, 5) is 0. The van der Waals surface area contributed by atoms with Gasteiger partial charge in [-0.15, -0.1) is 11.3 Å². The number of halogens is 2. The Labute approximate surface area is 187 Å². The summed E-state index contributed by atoms with van der Waals surface area (Å²) in [5.41, 5.74) is 8.43. The number of sulfone groups is 1. The number of fused-ring (bicyclic) bond motifs is 1. The van der Waals surface area contributed by atoms with E-state index in [-0.39, 0.29) is 15.7 Å². The lowest BCUT2D eigenvalue weighted by atomic mass is 10.1. The van der Waals surface area contributed by atoms with E-state index >= 15 is 0 Å². The number of nitrogens with two attached hydrogens (primary N) is 1. The monoisotopic (exact) mass is 479 g/mol. The first-order chi connectivity index (χ1) is 14.8. The van der Waals surface area contributed by atoms with Crippen LogP contribution in [0.2, 0.25) is 4.34 Å². The van der Waals surface area contributed by atoms with Crippen LogP contribution < -0.4 is 10.5 Å². The van der Waals surface area contributed by atoms with Crippen LogP contribution in [0.15, 0.2) is 52.7 Å². The summed E-state index contributed by atoms with van der Waals surface area (Å²) in [5, 5.41) is 4.88. The number of hydrogen-bond donors (Lipinski definition) is 1. The van der Waals surface area contributed by atoms with Crippen molar-refractivity contribution in [1.29, 1.82) is 0 Å². The van der Waals surface area contributed by atoms with Gasteiger partial charge in [0.05, 0.1) is 34.6 Å². The van der Waals surface area contributed by atoms with E-state index in [1.54, 1.807) is 10.7 Å². The number of aromatic nitrogens is 2. The summed E-state index contributed by atoms with van der Waals surface area (Å²) in [6, 6.07) is 13.6. The first-order valence-electron chi connectivity index (χ1n) is 9.30. The molecule has 10 heteroatoms. The minimum Gasteiger partial charge on any atom is -0.493 e. The maximum absolute atomic E-state index is 14.5. The number of benzene rings is 2. The summed E-state index contributed by atoms with van der Waals surface area (Å²) in [6.07, 6.45) is 0. The molecule has 0 aliphatic heterocycles. The van der Waals surface area contributed by atoms with E-state index in [2.05, 4.69) is 5.10 Å². The highest BCUT2D eigenvalue weighted by Crippen LogP contribution is 2.35. The van der Waals surface area contributed by atoms with Crippen molar-refractivity contribution in [2.75, 3.05) is 7.11 Å². The lowest BCUT2D eigenvalue weighted by Crippen LogP contribution is -2.06. The Morgan fingerprint density at radius 3 is 2.65 bits per heavy atom. The summed E-state index contributed by atoms with van der Waals surface area (Å²) in [6.45, 7) is 0.767. The molecule has 31 heavy (non-hydrogen) atoms. The number of methoxy groups -OCH3 is 1. The Morgan fingerprint density at radius 1 is 1.19 bits per heavy atom. The molecule has 2 heterocycles. The molecule has 0 saturated carbocycles. The van der Waals surface area contributed by atoms with E-state index < -0.39 is 21.4 Å². The Balaban J connectivity index is 1.83. The van der Waals surface area contributed by atoms with Crippen molar-refractivity contribution in [3.8, 4) is 5.75 Å². The third-order valence-corrected chi connectivity index (χ3v) is 8.28. The fourth-order valence-electron chi connectivity index (χ4n) is 3.46. The van der Waals surface area contributed by atoms with Crippen LogP contribution in [0.1, 0.15) is 16.8 Å². The molecule has 0 amide bonds. The smallest absolute Gasteiger partial charge is 0.193 e. The molecule has 0 unspecified atom stereocenters. The molecule has 0 aliphatic rings. The minimum atomic E-state index is -3.73. The van der Waals surface area contributed by atoms with Gasteiger partial charge in [0, 0.05) is 6.54 Å². The number of nitrogens with zero attached hydrogens (tertiary/aromatic N) is 2. The van der Waals surface area contributed by atoms with Crippen LogP contribution >= 0.6 is 22.9 Å². The van der Waals surface area contributed by atoms with Gasteiger partial charge in [-0.05, 0) is 35.4 Å². The van der Waals surface area contributed by atoms with Crippen molar-refractivity contribution in [1.82, 2.24) is 9.78 Å². The maximum Gasteiger partial charge on any atom is 0.193 e. The Kier molecular flexibility index (Phi) is 6.02. The van der Waals surface area contributed by atoms with Crippen LogP contribution in [-0.2, 0) is 28.7 Å². The highest BCUT2D eigenvalue weighted by molar-refractivity contribution is 7.92. The molecule has 6 nitrogen and oxygen atoms in total. The third kappa shape index (κ3) is 4.31. The lowest BCUT2D eigenvalue weighted by molar-refractivity contribution is 0.391. The number of thiophene rings is 1. The van der Waals surface area contributed by atoms with Gasteiger partial charge in [-0.25, -0.2) is 12.8 Å². The molecular formula is C21H19ClFN3O3S2. The summed E-state index contributed by atoms with van der Waals surface area (Å²) in [5.74, 6) is -1.03. The van der Waals surface area contributed by atoms with Crippen molar-refractivity contribution in [2.45, 2.75) is 23.1 Å². The van der Waals surface area contributed by atoms with Gasteiger partial charge in [-0.3, -0.25) is 4.68 Å². The van der Waals surface area contributed by atoms with E-state index in [1.165, 1.54) is 25.3 Å². The molecule has 2 aromatic carbocycles. The van der Waals surface area contributed by atoms with Crippen molar-refractivity contribution in [3.05, 3.63) is 75.5 Å². The molecule has 0 spiro atoms. The van der Waals surface area contributed by atoms with Gasteiger partial charge < -0.3 is 10.5 Å². The average molecular weight is 480 g/mol. The van der Waals surface area contributed by atoms with Gasteiger partial charge in [-0.2, -0.15) is 5.10 Å². The van der Waals surface area contributed by atoms with E-state index in [1.807, 2.05) is 24.3 Å². The Bertz CT molecular complexity index is 1370. The quantitative estimate of drug-likeness (QED) is 0.425. The number of hydrogen-bond acceptors (Lipinski definition) is 6.